The highest BCUT2D eigenvalue weighted by molar-refractivity contribution is 7.05. The molecule has 0 spiro atoms. The highest BCUT2D eigenvalue weighted by Gasteiger charge is 2.15. The van der Waals surface area contributed by atoms with Crippen LogP contribution in [0.25, 0.3) is 0 Å². The first-order valence-corrected chi connectivity index (χ1v) is 7.54. The van der Waals surface area contributed by atoms with Crippen LogP contribution in [0.2, 0.25) is 0 Å². The maximum absolute atomic E-state index is 4.69. The van der Waals surface area contributed by atoms with E-state index in [1.54, 1.807) is 0 Å². The summed E-state index contributed by atoms with van der Waals surface area (Å²) < 4.78 is 6.01. The summed E-state index contributed by atoms with van der Waals surface area (Å²) in [5, 5.41) is 11.9. The first-order chi connectivity index (χ1) is 9.28. The van der Waals surface area contributed by atoms with Gasteiger partial charge in [-0.15, -0.1) is 5.10 Å². The molecule has 0 fully saturated rings. The molecule has 0 aliphatic heterocycles. The van der Waals surface area contributed by atoms with Gasteiger partial charge in [0.15, 0.2) is 0 Å². The minimum absolute atomic E-state index is 0.241. The Hall–Kier alpha value is -1.27. The van der Waals surface area contributed by atoms with E-state index < -0.39 is 0 Å². The third kappa shape index (κ3) is 3.39. The highest BCUT2D eigenvalue weighted by Crippen LogP contribution is 2.20. The second kappa shape index (κ2) is 6.77. The van der Waals surface area contributed by atoms with E-state index in [0.717, 1.165) is 29.8 Å². The lowest BCUT2D eigenvalue weighted by Crippen LogP contribution is -2.18. The topological polar surface area (TPSA) is 55.6 Å². The molecule has 0 aromatic carbocycles. The van der Waals surface area contributed by atoms with Crippen LogP contribution in [0.4, 0.5) is 0 Å². The zero-order chi connectivity index (χ0) is 13.7. The van der Waals surface area contributed by atoms with Crippen LogP contribution in [0.15, 0.2) is 18.5 Å². The number of nitrogens with zero attached hydrogens (tertiary/aromatic N) is 4. The van der Waals surface area contributed by atoms with Crippen molar-refractivity contribution in [1.29, 1.82) is 0 Å². The van der Waals surface area contributed by atoms with Crippen molar-refractivity contribution in [1.82, 2.24) is 24.7 Å². The lowest BCUT2D eigenvalue weighted by Gasteiger charge is -2.14. The van der Waals surface area contributed by atoms with Crippen molar-refractivity contribution in [2.45, 2.75) is 45.2 Å². The fraction of sp³-hybridized carbons (Fsp3) is 0.615. The van der Waals surface area contributed by atoms with Gasteiger partial charge in [0.05, 0.1) is 28.9 Å². The SMILES string of the molecule is CCC(CC)n1ccc(CC(NC)c2cnns2)n1. The molecule has 0 bridgehead atoms. The number of hydrogen-bond acceptors (Lipinski definition) is 5. The summed E-state index contributed by atoms with van der Waals surface area (Å²) in [5.41, 5.74) is 1.11. The molecule has 1 N–H and O–H groups in total. The van der Waals surface area contributed by atoms with Gasteiger partial charge < -0.3 is 5.32 Å². The molecule has 0 aliphatic rings. The molecule has 19 heavy (non-hydrogen) atoms. The van der Waals surface area contributed by atoms with Gasteiger partial charge in [-0.25, -0.2) is 0 Å². The lowest BCUT2D eigenvalue weighted by molar-refractivity contribution is 0.423. The molecule has 0 saturated carbocycles. The zero-order valence-corrected chi connectivity index (χ0v) is 12.5. The number of likely N-dealkylation sites (N-methyl/N-ethyl adjacent to an activating group) is 1. The minimum atomic E-state index is 0.241. The first kappa shape index (κ1) is 14.1. The fourth-order valence-corrected chi connectivity index (χ4v) is 2.85. The third-order valence-corrected chi connectivity index (χ3v) is 4.24. The van der Waals surface area contributed by atoms with Crippen LogP contribution in [-0.4, -0.2) is 26.4 Å². The summed E-state index contributed by atoms with van der Waals surface area (Å²) in [6, 6.07) is 2.86. The first-order valence-electron chi connectivity index (χ1n) is 6.77. The van der Waals surface area contributed by atoms with Crippen molar-refractivity contribution in [3.05, 3.63) is 29.0 Å². The number of nitrogens with one attached hydrogen (secondary N) is 1. The summed E-state index contributed by atoms with van der Waals surface area (Å²) in [6.45, 7) is 4.41. The smallest absolute Gasteiger partial charge is 0.0669 e. The standard InChI is InChI=1S/C13H21N5S/c1-4-11(5-2)18-7-6-10(16-18)8-12(14-3)13-9-15-17-19-13/h6-7,9,11-12,14H,4-5,8H2,1-3H3. The van der Waals surface area contributed by atoms with E-state index in [1.165, 1.54) is 11.5 Å². The maximum Gasteiger partial charge on any atom is 0.0669 e. The monoisotopic (exact) mass is 279 g/mol. The molecule has 6 heteroatoms. The molecular formula is C13H21N5S. The molecule has 104 valence electrons. The van der Waals surface area contributed by atoms with Crippen LogP contribution >= 0.6 is 11.5 Å². The number of rotatable bonds is 7. The molecule has 2 aromatic heterocycles. The Labute approximate surface area is 118 Å². The van der Waals surface area contributed by atoms with Crippen LogP contribution in [0.5, 0.6) is 0 Å². The second-order valence-corrected chi connectivity index (χ2v) is 5.44. The van der Waals surface area contributed by atoms with Gasteiger partial charge in [0.1, 0.15) is 0 Å². The van der Waals surface area contributed by atoms with E-state index in [4.69, 9.17) is 5.10 Å². The molecule has 2 aromatic rings. The molecular weight excluding hydrogens is 258 g/mol. The molecule has 0 amide bonds. The predicted molar refractivity (Wildman–Crippen MR) is 77.3 cm³/mol. The van der Waals surface area contributed by atoms with Crippen molar-refractivity contribution in [2.75, 3.05) is 7.05 Å². The maximum atomic E-state index is 4.69. The van der Waals surface area contributed by atoms with Gasteiger partial charge in [-0.05, 0) is 37.5 Å². The van der Waals surface area contributed by atoms with Gasteiger partial charge in [0.25, 0.3) is 0 Å². The largest absolute Gasteiger partial charge is 0.312 e. The van der Waals surface area contributed by atoms with Gasteiger partial charge in [-0.2, -0.15) is 5.10 Å². The van der Waals surface area contributed by atoms with Crippen molar-refractivity contribution in [3.8, 4) is 0 Å². The number of hydrogen-bond donors (Lipinski definition) is 1. The Bertz CT molecular complexity index is 475. The molecule has 2 heterocycles. The third-order valence-electron chi connectivity index (χ3n) is 3.46. The zero-order valence-electron chi connectivity index (χ0n) is 11.7. The average Bonchev–Trinajstić information content (AvgIpc) is 3.09. The van der Waals surface area contributed by atoms with E-state index in [-0.39, 0.29) is 6.04 Å². The minimum Gasteiger partial charge on any atom is -0.312 e. The predicted octanol–water partition coefficient (Wildman–Crippen LogP) is 2.60. The summed E-state index contributed by atoms with van der Waals surface area (Å²) in [6.07, 6.45) is 7.01. The van der Waals surface area contributed by atoms with Crippen molar-refractivity contribution in [2.24, 2.45) is 0 Å². The normalized spacial score (nSPS) is 13.1. The van der Waals surface area contributed by atoms with Gasteiger partial charge in [0.2, 0.25) is 0 Å². The summed E-state index contributed by atoms with van der Waals surface area (Å²) >= 11 is 1.44. The second-order valence-electron chi connectivity index (χ2n) is 4.62. The quantitative estimate of drug-likeness (QED) is 0.846. The Morgan fingerprint density at radius 2 is 2.16 bits per heavy atom. The van der Waals surface area contributed by atoms with Crippen LogP contribution < -0.4 is 5.32 Å². The summed E-state index contributed by atoms with van der Waals surface area (Å²) in [5.74, 6) is 0. The molecule has 0 aliphatic carbocycles. The van der Waals surface area contributed by atoms with Crippen molar-refractivity contribution >= 4 is 11.5 Å². The Morgan fingerprint density at radius 3 is 2.74 bits per heavy atom. The van der Waals surface area contributed by atoms with E-state index in [0.29, 0.717) is 6.04 Å². The summed E-state index contributed by atoms with van der Waals surface area (Å²) in [4.78, 5) is 1.15. The lowest BCUT2D eigenvalue weighted by atomic mass is 10.1. The van der Waals surface area contributed by atoms with Gasteiger partial charge >= 0.3 is 0 Å². The van der Waals surface area contributed by atoms with Crippen LogP contribution in [0.1, 0.15) is 49.3 Å². The van der Waals surface area contributed by atoms with Gasteiger partial charge in [0, 0.05) is 12.6 Å². The van der Waals surface area contributed by atoms with Crippen molar-refractivity contribution in [3.63, 3.8) is 0 Å². The number of aromatic nitrogens is 4. The van der Waals surface area contributed by atoms with Crippen molar-refractivity contribution < 1.29 is 0 Å². The Balaban J connectivity index is 2.06. The highest BCUT2D eigenvalue weighted by atomic mass is 32.1. The van der Waals surface area contributed by atoms with Crippen LogP contribution in [0, 0.1) is 0 Å². The van der Waals surface area contributed by atoms with E-state index in [9.17, 15) is 0 Å². The molecule has 0 saturated heterocycles. The summed E-state index contributed by atoms with van der Waals surface area (Å²) in [7, 11) is 1.96. The van der Waals surface area contributed by atoms with Gasteiger partial charge in [-0.3, -0.25) is 4.68 Å². The van der Waals surface area contributed by atoms with Gasteiger partial charge in [-0.1, -0.05) is 18.3 Å². The molecule has 1 atom stereocenters. The molecule has 2 rings (SSSR count). The van der Waals surface area contributed by atoms with Crippen LogP contribution in [-0.2, 0) is 6.42 Å². The van der Waals surface area contributed by atoms with E-state index >= 15 is 0 Å². The van der Waals surface area contributed by atoms with E-state index in [1.807, 2.05) is 13.2 Å². The fourth-order valence-electron chi connectivity index (χ4n) is 2.23. The average molecular weight is 279 g/mol. The molecule has 0 radical (unpaired) electrons. The van der Waals surface area contributed by atoms with Crippen LogP contribution in [0.3, 0.4) is 0 Å². The van der Waals surface area contributed by atoms with E-state index in [2.05, 4.69) is 45.7 Å². The Morgan fingerprint density at radius 1 is 1.37 bits per heavy atom. The Kier molecular flexibility index (Phi) is 5.04. The molecule has 5 nitrogen and oxygen atoms in total. The molecule has 1 unspecified atom stereocenters.